The molecule has 6 heteroatoms. The van der Waals surface area contributed by atoms with Gasteiger partial charge in [-0.3, -0.25) is 9.59 Å². The summed E-state index contributed by atoms with van der Waals surface area (Å²) in [5, 5.41) is 5.08. The molecular formula is C18H18N2O4. The molecule has 0 fully saturated rings. The average Bonchev–Trinajstić information content (AvgIpc) is 2.64. The van der Waals surface area contributed by atoms with Gasteiger partial charge in [0.25, 0.3) is 5.91 Å². The van der Waals surface area contributed by atoms with E-state index in [1.807, 2.05) is 0 Å². The summed E-state index contributed by atoms with van der Waals surface area (Å²) in [4.78, 5) is 35.1. The van der Waals surface area contributed by atoms with Crippen LogP contribution < -0.4 is 10.6 Å². The second-order valence-corrected chi connectivity index (χ2v) is 4.90. The normalized spacial score (nSPS) is 9.83. The number of esters is 1. The smallest absolute Gasteiger partial charge is 0.338 e. The van der Waals surface area contributed by atoms with Crippen LogP contribution in [0.5, 0.6) is 0 Å². The standard InChI is InChI=1S/C18H18N2O4/c21-16(13-20-17(22)14-7-3-1-4-8-14)19-11-12-24-18(23)15-9-5-2-6-10-15/h1-10H,11-13H2,(H,19,21)(H,20,22). The van der Waals surface area contributed by atoms with Gasteiger partial charge in [-0.15, -0.1) is 0 Å². The molecule has 0 radical (unpaired) electrons. The number of hydrogen-bond donors (Lipinski definition) is 2. The third kappa shape index (κ3) is 5.57. The first kappa shape index (κ1) is 17.2. The molecule has 2 rings (SSSR count). The van der Waals surface area contributed by atoms with Crippen molar-refractivity contribution in [2.24, 2.45) is 0 Å². The van der Waals surface area contributed by atoms with Gasteiger partial charge < -0.3 is 15.4 Å². The average molecular weight is 326 g/mol. The fourth-order valence-electron chi connectivity index (χ4n) is 1.91. The van der Waals surface area contributed by atoms with Crippen molar-refractivity contribution >= 4 is 17.8 Å². The zero-order valence-corrected chi connectivity index (χ0v) is 13.0. The molecular weight excluding hydrogens is 308 g/mol. The summed E-state index contributed by atoms with van der Waals surface area (Å²) in [6, 6.07) is 17.2. The minimum atomic E-state index is -0.442. The minimum Gasteiger partial charge on any atom is -0.460 e. The van der Waals surface area contributed by atoms with E-state index < -0.39 is 5.97 Å². The Labute approximate surface area is 139 Å². The zero-order valence-electron chi connectivity index (χ0n) is 13.0. The molecule has 2 aromatic rings. The number of hydrogen-bond acceptors (Lipinski definition) is 4. The minimum absolute atomic E-state index is 0.0616. The third-order valence-corrected chi connectivity index (χ3v) is 3.11. The number of nitrogens with one attached hydrogen (secondary N) is 2. The van der Waals surface area contributed by atoms with Gasteiger partial charge in [0.2, 0.25) is 5.91 Å². The van der Waals surface area contributed by atoms with Gasteiger partial charge in [0.1, 0.15) is 6.61 Å². The highest BCUT2D eigenvalue weighted by molar-refractivity contribution is 5.96. The molecule has 0 saturated carbocycles. The van der Waals surface area contributed by atoms with Crippen LogP contribution in [-0.2, 0) is 9.53 Å². The van der Waals surface area contributed by atoms with E-state index in [1.54, 1.807) is 60.7 Å². The van der Waals surface area contributed by atoms with Gasteiger partial charge in [0.05, 0.1) is 18.7 Å². The van der Waals surface area contributed by atoms with E-state index in [9.17, 15) is 14.4 Å². The van der Waals surface area contributed by atoms with Gasteiger partial charge in [-0.2, -0.15) is 0 Å². The number of benzene rings is 2. The van der Waals surface area contributed by atoms with E-state index in [0.717, 1.165) is 0 Å². The molecule has 0 spiro atoms. The number of carbonyl (C=O) groups excluding carboxylic acids is 3. The summed E-state index contributed by atoms with van der Waals surface area (Å²) in [5.41, 5.74) is 0.945. The van der Waals surface area contributed by atoms with E-state index in [2.05, 4.69) is 10.6 Å². The maximum absolute atomic E-state index is 11.8. The van der Waals surface area contributed by atoms with Crippen LogP contribution in [0.3, 0.4) is 0 Å². The Morgan fingerprint density at radius 1 is 0.792 bits per heavy atom. The predicted octanol–water partition coefficient (Wildman–Crippen LogP) is 1.39. The van der Waals surface area contributed by atoms with Crippen LogP contribution in [0.4, 0.5) is 0 Å². The van der Waals surface area contributed by atoms with Crippen LogP contribution in [0.25, 0.3) is 0 Å². The molecule has 0 heterocycles. The number of amides is 2. The zero-order chi connectivity index (χ0) is 17.2. The van der Waals surface area contributed by atoms with Crippen LogP contribution in [0.15, 0.2) is 60.7 Å². The second-order valence-electron chi connectivity index (χ2n) is 4.90. The summed E-state index contributed by atoms with van der Waals surface area (Å²) in [6.07, 6.45) is 0. The van der Waals surface area contributed by atoms with E-state index in [1.165, 1.54) is 0 Å². The maximum atomic E-state index is 11.8. The summed E-state index contributed by atoms with van der Waals surface area (Å²) < 4.78 is 5.03. The molecule has 0 aliphatic carbocycles. The lowest BCUT2D eigenvalue weighted by Crippen LogP contribution is -2.38. The molecule has 0 unspecified atom stereocenters. The highest BCUT2D eigenvalue weighted by atomic mass is 16.5. The highest BCUT2D eigenvalue weighted by Crippen LogP contribution is 2.00. The Morgan fingerprint density at radius 3 is 2.00 bits per heavy atom. The summed E-state index contributed by atoms with van der Waals surface area (Å²) in [5.74, 6) is -1.11. The monoisotopic (exact) mass is 326 g/mol. The molecule has 0 aliphatic rings. The first-order valence-corrected chi connectivity index (χ1v) is 7.49. The van der Waals surface area contributed by atoms with Crippen molar-refractivity contribution in [3.8, 4) is 0 Å². The summed E-state index contributed by atoms with van der Waals surface area (Å²) in [7, 11) is 0. The van der Waals surface area contributed by atoms with Crippen molar-refractivity contribution < 1.29 is 19.1 Å². The first-order valence-electron chi connectivity index (χ1n) is 7.49. The molecule has 2 aromatic carbocycles. The largest absolute Gasteiger partial charge is 0.460 e. The number of ether oxygens (including phenoxy) is 1. The van der Waals surface area contributed by atoms with Crippen LogP contribution in [-0.4, -0.2) is 37.5 Å². The van der Waals surface area contributed by atoms with Crippen LogP contribution in [0, 0.1) is 0 Å². The molecule has 2 N–H and O–H groups in total. The van der Waals surface area contributed by atoms with Gasteiger partial charge in [0, 0.05) is 5.56 Å². The van der Waals surface area contributed by atoms with Crippen molar-refractivity contribution in [3.63, 3.8) is 0 Å². The van der Waals surface area contributed by atoms with E-state index in [0.29, 0.717) is 11.1 Å². The van der Waals surface area contributed by atoms with Crippen LogP contribution in [0.2, 0.25) is 0 Å². The first-order chi connectivity index (χ1) is 11.7. The van der Waals surface area contributed by atoms with Crippen LogP contribution in [0.1, 0.15) is 20.7 Å². The highest BCUT2D eigenvalue weighted by Gasteiger charge is 2.08. The Morgan fingerprint density at radius 2 is 1.38 bits per heavy atom. The van der Waals surface area contributed by atoms with E-state index in [-0.39, 0.29) is 31.5 Å². The van der Waals surface area contributed by atoms with Crippen molar-refractivity contribution in [2.45, 2.75) is 0 Å². The number of rotatable bonds is 7. The lowest BCUT2D eigenvalue weighted by atomic mass is 10.2. The Kier molecular flexibility index (Phi) is 6.52. The van der Waals surface area contributed by atoms with Gasteiger partial charge in [0.15, 0.2) is 0 Å². The van der Waals surface area contributed by atoms with Crippen molar-refractivity contribution in [1.29, 1.82) is 0 Å². The third-order valence-electron chi connectivity index (χ3n) is 3.11. The van der Waals surface area contributed by atoms with E-state index in [4.69, 9.17) is 4.74 Å². The Hall–Kier alpha value is -3.15. The fourth-order valence-corrected chi connectivity index (χ4v) is 1.91. The van der Waals surface area contributed by atoms with Gasteiger partial charge >= 0.3 is 5.97 Å². The van der Waals surface area contributed by atoms with Crippen molar-refractivity contribution in [2.75, 3.05) is 19.7 Å². The van der Waals surface area contributed by atoms with Crippen molar-refractivity contribution in [1.82, 2.24) is 10.6 Å². The molecule has 0 saturated heterocycles. The quantitative estimate of drug-likeness (QED) is 0.595. The van der Waals surface area contributed by atoms with Gasteiger partial charge in [-0.25, -0.2) is 4.79 Å². The van der Waals surface area contributed by atoms with Crippen LogP contribution >= 0.6 is 0 Å². The van der Waals surface area contributed by atoms with Crippen molar-refractivity contribution in [3.05, 3.63) is 71.8 Å². The lowest BCUT2D eigenvalue weighted by Gasteiger charge is -2.08. The Bertz CT molecular complexity index is 687. The van der Waals surface area contributed by atoms with Gasteiger partial charge in [-0.1, -0.05) is 36.4 Å². The summed E-state index contributed by atoms with van der Waals surface area (Å²) >= 11 is 0. The molecule has 0 aromatic heterocycles. The number of carbonyl (C=O) groups is 3. The summed E-state index contributed by atoms with van der Waals surface area (Å²) in [6.45, 7) is 0.102. The molecule has 0 atom stereocenters. The molecule has 0 bridgehead atoms. The second kappa shape index (κ2) is 9.09. The SMILES string of the molecule is O=C(CNC(=O)c1ccccc1)NCCOC(=O)c1ccccc1. The van der Waals surface area contributed by atoms with E-state index >= 15 is 0 Å². The molecule has 6 nitrogen and oxygen atoms in total. The maximum Gasteiger partial charge on any atom is 0.338 e. The predicted molar refractivity (Wildman–Crippen MR) is 88.5 cm³/mol. The fraction of sp³-hybridized carbons (Fsp3) is 0.167. The molecule has 124 valence electrons. The molecule has 2 amide bonds. The van der Waals surface area contributed by atoms with Gasteiger partial charge in [-0.05, 0) is 24.3 Å². The molecule has 24 heavy (non-hydrogen) atoms. The molecule has 0 aliphatic heterocycles. The lowest BCUT2D eigenvalue weighted by molar-refractivity contribution is -0.120. The Balaban J connectivity index is 1.62. The topological polar surface area (TPSA) is 84.5 Å².